The van der Waals surface area contributed by atoms with Crippen LogP contribution >= 0.6 is 0 Å². The second-order valence-electron chi connectivity index (χ2n) is 9.34. The third kappa shape index (κ3) is 3.95. The number of likely N-dealkylation sites (N-methyl/N-ethyl adjacent to an activating group) is 1. The van der Waals surface area contributed by atoms with E-state index in [1.807, 2.05) is 36.6 Å². The summed E-state index contributed by atoms with van der Waals surface area (Å²) in [6.45, 7) is 7.36. The molecule has 2 aromatic carbocycles. The number of hydrogen-bond donors (Lipinski definition) is 0. The molecule has 4 rings (SSSR count). The molecule has 0 spiro atoms. The van der Waals surface area contributed by atoms with Crippen LogP contribution in [-0.4, -0.2) is 53.5 Å². The lowest BCUT2D eigenvalue weighted by Gasteiger charge is -2.30. The highest BCUT2D eigenvalue weighted by atomic mass is 16.5. The number of imidazole rings is 1. The van der Waals surface area contributed by atoms with E-state index in [1.165, 1.54) is 25.5 Å². The van der Waals surface area contributed by atoms with Crippen molar-refractivity contribution in [1.29, 1.82) is 0 Å². The third-order valence-electron chi connectivity index (χ3n) is 6.54. The molecule has 6 heteroatoms. The molecule has 1 unspecified atom stereocenters. The van der Waals surface area contributed by atoms with E-state index in [1.54, 1.807) is 13.0 Å². The van der Waals surface area contributed by atoms with Crippen molar-refractivity contribution >= 4 is 22.8 Å². The fourth-order valence-electron chi connectivity index (χ4n) is 4.68. The molecule has 1 fully saturated rings. The third-order valence-corrected chi connectivity index (χ3v) is 6.54. The number of carbonyl (C=O) groups excluding carboxylic acids is 2. The van der Waals surface area contributed by atoms with Gasteiger partial charge in [0.15, 0.2) is 5.78 Å². The van der Waals surface area contributed by atoms with Crippen molar-refractivity contribution in [1.82, 2.24) is 14.5 Å². The SMILES string of the molecule is COC(=O)C(C)(C)c1nc2cc(C(C)=O)ccc2n1-c1cccc(C2CCCN(C)C2)c1. The Bertz CT molecular complexity index is 1180. The molecule has 1 aliphatic heterocycles. The summed E-state index contributed by atoms with van der Waals surface area (Å²) >= 11 is 0. The Morgan fingerprint density at radius 2 is 1.94 bits per heavy atom. The molecule has 1 atom stereocenters. The Morgan fingerprint density at radius 1 is 1.16 bits per heavy atom. The first-order valence-electron chi connectivity index (χ1n) is 11.1. The lowest BCUT2D eigenvalue weighted by atomic mass is 9.90. The Morgan fingerprint density at radius 3 is 2.62 bits per heavy atom. The highest BCUT2D eigenvalue weighted by molar-refractivity contribution is 5.97. The Labute approximate surface area is 189 Å². The second-order valence-corrected chi connectivity index (χ2v) is 9.34. The first-order chi connectivity index (χ1) is 15.2. The summed E-state index contributed by atoms with van der Waals surface area (Å²) < 4.78 is 7.13. The number of esters is 1. The number of benzene rings is 2. The van der Waals surface area contributed by atoms with Crippen molar-refractivity contribution in [2.75, 3.05) is 27.2 Å². The molecule has 0 N–H and O–H groups in total. The van der Waals surface area contributed by atoms with Gasteiger partial charge in [-0.25, -0.2) is 4.98 Å². The number of ketones is 1. The van der Waals surface area contributed by atoms with E-state index in [4.69, 9.17) is 9.72 Å². The molecule has 2 heterocycles. The van der Waals surface area contributed by atoms with Gasteiger partial charge in [-0.15, -0.1) is 0 Å². The van der Waals surface area contributed by atoms with Crippen molar-refractivity contribution in [2.45, 2.75) is 44.9 Å². The molecule has 0 amide bonds. The number of Topliss-reactive ketones (excluding diaryl/α,β-unsaturated/α-hetero) is 1. The number of piperidine rings is 1. The van der Waals surface area contributed by atoms with Crippen LogP contribution in [0.15, 0.2) is 42.5 Å². The van der Waals surface area contributed by atoms with Gasteiger partial charge >= 0.3 is 5.97 Å². The van der Waals surface area contributed by atoms with Gasteiger partial charge in [-0.05, 0) is 89.0 Å². The summed E-state index contributed by atoms with van der Waals surface area (Å²) in [5, 5.41) is 0. The van der Waals surface area contributed by atoms with Crippen LogP contribution in [-0.2, 0) is 14.9 Å². The Balaban J connectivity index is 1.91. The molecular weight excluding hydrogens is 402 g/mol. The summed E-state index contributed by atoms with van der Waals surface area (Å²) in [5.74, 6) is 0.701. The predicted molar refractivity (Wildman–Crippen MR) is 126 cm³/mol. The quantitative estimate of drug-likeness (QED) is 0.438. The summed E-state index contributed by atoms with van der Waals surface area (Å²) in [6, 6.07) is 14.0. The van der Waals surface area contributed by atoms with Crippen LogP contribution in [0.4, 0.5) is 0 Å². The number of likely N-dealkylation sites (tertiary alicyclic amines) is 1. The number of aromatic nitrogens is 2. The average molecular weight is 434 g/mol. The van der Waals surface area contributed by atoms with Gasteiger partial charge in [0.1, 0.15) is 11.2 Å². The fourth-order valence-corrected chi connectivity index (χ4v) is 4.68. The van der Waals surface area contributed by atoms with Gasteiger partial charge in [0, 0.05) is 17.8 Å². The van der Waals surface area contributed by atoms with Crippen molar-refractivity contribution in [3.63, 3.8) is 0 Å². The van der Waals surface area contributed by atoms with Gasteiger partial charge in [0.2, 0.25) is 0 Å². The number of carbonyl (C=O) groups is 2. The molecule has 0 saturated carbocycles. The molecule has 6 nitrogen and oxygen atoms in total. The van der Waals surface area contributed by atoms with Crippen molar-refractivity contribution in [3.05, 3.63) is 59.4 Å². The smallest absolute Gasteiger partial charge is 0.318 e. The molecule has 0 bridgehead atoms. The molecule has 1 aliphatic rings. The maximum Gasteiger partial charge on any atom is 0.318 e. The first-order valence-corrected chi connectivity index (χ1v) is 11.1. The standard InChI is InChI=1S/C26H31N3O3/c1-17(30)18-11-12-23-22(15-18)27-24(26(2,3)25(31)32-5)29(23)21-10-6-8-19(14-21)20-9-7-13-28(4)16-20/h6,8,10-12,14-15,20H,7,9,13,16H2,1-5H3. The van der Waals surface area contributed by atoms with E-state index in [-0.39, 0.29) is 11.8 Å². The molecular formula is C26H31N3O3. The van der Waals surface area contributed by atoms with Gasteiger partial charge in [-0.2, -0.15) is 0 Å². The number of ether oxygens (including phenoxy) is 1. The minimum absolute atomic E-state index is 0.0151. The zero-order valence-corrected chi connectivity index (χ0v) is 19.5. The van der Waals surface area contributed by atoms with Gasteiger partial charge < -0.3 is 9.64 Å². The highest BCUT2D eigenvalue weighted by Gasteiger charge is 2.37. The van der Waals surface area contributed by atoms with Crippen LogP contribution in [0.3, 0.4) is 0 Å². The van der Waals surface area contributed by atoms with Crippen LogP contribution in [0.1, 0.15) is 61.3 Å². The number of fused-ring (bicyclic) bond motifs is 1. The number of rotatable bonds is 5. The second kappa shape index (κ2) is 8.51. The Kier molecular flexibility index (Phi) is 5.91. The van der Waals surface area contributed by atoms with E-state index >= 15 is 0 Å². The van der Waals surface area contributed by atoms with Crippen LogP contribution in [0.2, 0.25) is 0 Å². The maximum absolute atomic E-state index is 12.7. The number of hydrogen-bond acceptors (Lipinski definition) is 5. The minimum atomic E-state index is -0.967. The monoisotopic (exact) mass is 433 g/mol. The van der Waals surface area contributed by atoms with Crippen molar-refractivity contribution in [2.24, 2.45) is 0 Å². The Hall–Kier alpha value is -2.99. The zero-order chi connectivity index (χ0) is 23.0. The number of nitrogens with zero attached hydrogens (tertiary/aromatic N) is 3. The lowest BCUT2D eigenvalue weighted by Crippen LogP contribution is -2.33. The van der Waals surface area contributed by atoms with Crippen molar-refractivity contribution < 1.29 is 14.3 Å². The molecule has 32 heavy (non-hydrogen) atoms. The first kappa shape index (κ1) is 22.2. The van der Waals surface area contributed by atoms with E-state index in [0.29, 0.717) is 22.8 Å². The minimum Gasteiger partial charge on any atom is -0.468 e. The van der Waals surface area contributed by atoms with E-state index in [2.05, 4.69) is 30.1 Å². The van der Waals surface area contributed by atoms with E-state index in [0.717, 1.165) is 24.3 Å². The molecule has 1 saturated heterocycles. The van der Waals surface area contributed by atoms with Gasteiger partial charge in [0.25, 0.3) is 0 Å². The summed E-state index contributed by atoms with van der Waals surface area (Å²) in [6.07, 6.45) is 2.36. The van der Waals surface area contributed by atoms with Gasteiger partial charge in [-0.3, -0.25) is 14.2 Å². The summed E-state index contributed by atoms with van der Waals surface area (Å²) in [7, 11) is 3.56. The zero-order valence-electron chi connectivity index (χ0n) is 19.5. The van der Waals surface area contributed by atoms with Crippen LogP contribution < -0.4 is 0 Å². The van der Waals surface area contributed by atoms with Crippen molar-refractivity contribution in [3.8, 4) is 5.69 Å². The highest BCUT2D eigenvalue weighted by Crippen LogP contribution is 2.33. The average Bonchev–Trinajstić information content (AvgIpc) is 3.18. The normalized spacial score (nSPS) is 17.5. The molecule has 0 radical (unpaired) electrons. The lowest BCUT2D eigenvalue weighted by molar-refractivity contribution is -0.146. The predicted octanol–water partition coefficient (Wildman–Crippen LogP) is 4.49. The van der Waals surface area contributed by atoms with Crippen LogP contribution in [0, 0.1) is 0 Å². The van der Waals surface area contributed by atoms with Gasteiger partial charge in [0.05, 0.1) is 18.1 Å². The topological polar surface area (TPSA) is 64.4 Å². The fraction of sp³-hybridized carbons (Fsp3) is 0.423. The van der Waals surface area contributed by atoms with Crippen LogP contribution in [0.5, 0.6) is 0 Å². The summed E-state index contributed by atoms with van der Waals surface area (Å²) in [5.41, 5.74) is 3.43. The van der Waals surface area contributed by atoms with E-state index < -0.39 is 5.41 Å². The number of methoxy groups -OCH3 is 1. The van der Waals surface area contributed by atoms with E-state index in [9.17, 15) is 9.59 Å². The summed E-state index contributed by atoms with van der Waals surface area (Å²) in [4.78, 5) is 31.8. The molecule has 1 aromatic heterocycles. The molecule has 168 valence electrons. The van der Waals surface area contributed by atoms with Gasteiger partial charge in [-0.1, -0.05) is 12.1 Å². The maximum atomic E-state index is 12.7. The van der Waals surface area contributed by atoms with Crippen LogP contribution in [0.25, 0.3) is 16.7 Å². The largest absolute Gasteiger partial charge is 0.468 e. The molecule has 3 aromatic rings. The molecule has 0 aliphatic carbocycles.